The fourth-order valence-electron chi connectivity index (χ4n) is 3.02. The normalized spacial score (nSPS) is 22.4. The maximum absolute atomic E-state index is 4.74. The molecule has 2 aromatic rings. The molecule has 1 aliphatic carbocycles. The summed E-state index contributed by atoms with van der Waals surface area (Å²) in [7, 11) is 0. The van der Waals surface area contributed by atoms with Crippen LogP contribution in [-0.2, 0) is 6.54 Å². The van der Waals surface area contributed by atoms with Crippen molar-refractivity contribution >= 4 is 22.7 Å². The average molecular weight is 286 g/mol. The summed E-state index contributed by atoms with van der Waals surface area (Å²) >= 11 is 2.10. The molecule has 1 aromatic heterocycles. The second kappa shape index (κ2) is 6.59. The highest BCUT2D eigenvalue weighted by Crippen LogP contribution is 2.30. The molecule has 2 unspecified atom stereocenters. The van der Waals surface area contributed by atoms with Gasteiger partial charge in [-0.1, -0.05) is 37.6 Å². The van der Waals surface area contributed by atoms with Gasteiger partial charge in [-0.25, -0.2) is 0 Å². The van der Waals surface area contributed by atoms with Crippen molar-refractivity contribution in [2.24, 2.45) is 0 Å². The molecule has 1 N–H and O–H groups in total. The summed E-state index contributed by atoms with van der Waals surface area (Å²) in [5.41, 5.74) is 2.24. The van der Waals surface area contributed by atoms with Gasteiger partial charge in [-0.05, 0) is 30.7 Å². The van der Waals surface area contributed by atoms with E-state index in [4.69, 9.17) is 4.98 Å². The number of nitrogens with zero attached hydrogens (tertiary/aromatic N) is 1. The Kier molecular flexibility index (Phi) is 4.58. The maximum Gasteiger partial charge on any atom is 0.0705 e. The fourth-order valence-corrected chi connectivity index (χ4v) is 4.24. The lowest BCUT2D eigenvalue weighted by Crippen LogP contribution is -2.33. The molecule has 20 heavy (non-hydrogen) atoms. The van der Waals surface area contributed by atoms with Crippen LogP contribution in [0.1, 0.15) is 31.9 Å². The van der Waals surface area contributed by atoms with E-state index in [0.29, 0.717) is 6.04 Å². The van der Waals surface area contributed by atoms with Gasteiger partial charge in [0.05, 0.1) is 11.2 Å². The summed E-state index contributed by atoms with van der Waals surface area (Å²) in [4.78, 5) is 4.74. The van der Waals surface area contributed by atoms with E-state index >= 15 is 0 Å². The Morgan fingerprint density at radius 1 is 1.20 bits per heavy atom. The summed E-state index contributed by atoms with van der Waals surface area (Å²) in [6.45, 7) is 3.14. The SMILES string of the molecule is CCSC1CCCC1NCc1ccc2ccccc2n1. The van der Waals surface area contributed by atoms with E-state index in [1.54, 1.807) is 0 Å². The van der Waals surface area contributed by atoms with E-state index in [9.17, 15) is 0 Å². The standard InChI is InChI=1S/C17H22N2S/c1-2-20-17-9-5-8-16(17)18-12-14-11-10-13-6-3-4-7-15(13)19-14/h3-4,6-7,10-11,16-18H,2,5,8-9,12H2,1H3. The number of aromatic nitrogens is 1. The number of fused-ring (bicyclic) bond motifs is 1. The number of benzene rings is 1. The summed E-state index contributed by atoms with van der Waals surface area (Å²) in [5, 5.41) is 5.73. The van der Waals surface area contributed by atoms with Gasteiger partial charge in [0.25, 0.3) is 0 Å². The monoisotopic (exact) mass is 286 g/mol. The third kappa shape index (κ3) is 3.15. The molecule has 0 amide bonds. The summed E-state index contributed by atoms with van der Waals surface area (Å²) in [6, 6.07) is 13.3. The van der Waals surface area contributed by atoms with Crippen LogP contribution in [-0.4, -0.2) is 22.0 Å². The Bertz CT molecular complexity index is 570. The zero-order valence-electron chi connectivity index (χ0n) is 12.0. The minimum absolute atomic E-state index is 0.660. The van der Waals surface area contributed by atoms with Crippen LogP contribution in [0.2, 0.25) is 0 Å². The number of rotatable bonds is 5. The van der Waals surface area contributed by atoms with Crippen LogP contribution in [0, 0.1) is 0 Å². The zero-order valence-corrected chi connectivity index (χ0v) is 12.8. The van der Waals surface area contributed by atoms with Gasteiger partial charge >= 0.3 is 0 Å². The first-order valence-electron chi connectivity index (χ1n) is 7.56. The first-order chi connectivity index (χ1) is 9.86. The van der Waals surface area contributed by atoms with Crippen LogP contribution >= 0.6 is 11.8 Å². The molecule has 0 aliphatic heterocycles. The van der Waals surface area contributed by atoms with E-state index in [1.165, 1.54) is 30.4 Å². The highest BCUT2D eigenvalue weighted by Gasteiger charge is 2.26. The second-order valence-corrected chi connectivity index (χ2v) is 6.92. The van der Waals surface area contributed by atoms with Crippen molar-refractivity contribution in [3.63, 3.8) is 0 Å². The molecule has 2 nitrogen and oxygen atoms in total. The van der Waals surface area contributed by atoms with Gasteiger partial charge < -0.3 is 5.32 Å². The first-order valence-corrected chi connectivity index (χ1v) is 8.61. The van der Waals surface area contributed by atoms with Crippen molar-refractivity contribution in [1.82, 2.24) is 10.3 Å². The Labute approximate surface area is 125 Å². The van der Waals surface area contributed by atoms with Gasteiger partial charge in [-0.3, -0.25) is 4.98 Å². The molecule has 1 saturated carbocycles. The van der Waals surface area contributed by atoms with Gasteiger partial charge in [0.2, 0.25) is 0 Å². The summed E-state index contributed by atoms with van der Waals surface area (Å²) in [6.07, 6.45) is 4.03. The lowest BCUT2D eigenvalue weighted by Gasteiger charge is -2.20. The van der Waals surface area contributed by atoms with E-state index in [-0.39, 0.29) is 0 Å². The molecule has 3 rings (SSSR count). The summed E-state index contributed by atoms with van der Waals surface area (Å²) in [5.74, 6) is 1.22. The summed E-state index contributed by atoms with van der Waals surface area (Å²) < 4.78 is 0. The van der Waals surface area contributed by atoms with Crippen molar-refractivity contribution in [2.45, 2.75) is 44.0 Å². The molecule has 1 heterocycles. The molecule has 2 atom stereocenters. The van der Waals surface area contributed by atoms with Gasteiger partial charge in [0.15, 0.2) is 0 Å². The molecule has 1 aliphatic rings. The van der Waals surface area contributed by atoms with Crippen LogP contribution in [0.5, 0.6) is 0 Å². The molecular formula is C17H22N2S. The number of hydrogen-bond donors (Lipinski definition) is 1. The molecule has 0 bridgehead atoms. The third-order valence-electron chi connectivity index (χ3n) is 4.03. The largest absolute Gasteiger partial charge is 0.307 e. The zero-order chi connectivity index (χ0) is 13.8. The number of hydrogen-bond acceptors (Lipinski definition) is 3. The molecule has 0 spiro atoms. The number of thioether (sulfide) groups is 1. The van der Waals surface area contributed by atoms with E-state index in [0.717, 1.165) is 23.0 Å². The van der Waals surface area contributed by atoms with E-state index in [1.807, 2.05) is 0 Å². The van der Waals surface area contributed by atoms with E-state index < -0.39 is 0 Å². The third-order valence-corrected chi connectivity index (χ3v) is 5.36. The second-order valence-electron chi connectivity index (χ2n) is 5.41. The molecule has 0 radical (unpaired) electrons. The highest BCUT2D eigenvalue weighted by molar-refractivity contribution is 7.99. The molecule has 106 valence electrons. The van der Waals surface area contributed by atoms with Crippen molar-refractivity contribution in [3.05, 3.63) is 42.1 Å². The van der Waals surface area contributed by atoms with Crippen LogP contribution in [0.3, 0.4) is 0 Å². The van der Waals surface area contributed by atoms with Gasteiger partial charge in [-0.15, -0.1) is 0 Å². The average Bonchev–Trinajstić information content (AvgIpc) is 2.93. The van der Waals surface area contributed by atoms with Crippen molar-refractivity contribution in [3.8, 4) is 0 Å². The minimum atomic E-state index is 0.660. The van der Waals surface area contributed by atoms with Crippen molar-refractivity contribution in [2.75, 3.05) is 5.75 Å². The molecule has 1 fully saturated rings. The van der Waals surface area contributed by atoms with E-state index in [2.05, 4.69) is 60.4 Å². The van der Waals surface area contributed by atoms with Gasteiger partial charge in [0, 0.05) is 23.2 Å². The Balaban J connectivity index is 1.64. The fraction of sp³-hybridized carbons (Fsp3) is 0.471. The number of pyridine rings is 1. The predicted octanol–water partition coefficient (Wildman–Crippen LogP) is 4.00. The smallest absolute Gasteiger partial charge is 0.0705 e. The van der Waals surface area contributed by atoms with Crippen molar-refractivity contribution in [1.29, 1.82) is 0 Å². The van der Waals surface area contributed by atoms with Crippen molar-refractivity contribution < 1.29 is 0 Å². The van der Waals surface area contributed by atoms with Crippen LogP contribution < -0.4 is 5.32 Å². The Morgan fingerprint density at radius 3 is 3.00 bits per heavy atom. The molecule has 3 heteroatoms. The van der Waals surface area contributed by atoms with Gasteiger partial charge in [0.1, 0.15) is 0 Å². The van der Waals surface area contributed by atoms with Crippen LogP contribution in [0.4, 0.5) is 0 Å². The van der Waals surface area contributed by atoms with Gasteiger partial charge in [-0.2, -0.15) is 11.8 Å². The quantitative estimate of drug-likeness (QED) is 0.899. The number of nitrogens with one attached hydrogen (secondary N) is 1. The minimum Gasteiger partial charge on any atom is -0.307 e. The lowest BCUT2D eigenvalue weighted by molar-refractivity contribution is 0.527. The molecular weight excluding hydrogens is 264 g/mol. The highest BCUT2D eigenvalue weighted by atomic mass is 32.2. The molecule has 1 aromatic carbocycles. The predicted molar refractivity (Wildman–Crippen MR) is 88.1 cm³/mol. The van der Waals surface area contributed by atoms with Crippen LogP contribution in [0.15, 0.2) is 36.4 Å². The lowest BCUT2D eigenvalue weighted by atomic mass is 10.2. The topological polar surface area (TPSA) is 24.9 Å². The Morgan fingerprint density at radius 2 is 2.10 bits per heavy atom. The Hall–Kier alpha value is -1.06. The van der Waals surface area contributed by atoms with Crippen LogP contribution in [0.25, 0.3) is 10.9 Å². The number of para-hydroxylation sites is 1. The maximum atomic E-state index is 4.74. The first kappa shape index (κ1) is 13.9. The molecule has 0 saturated heterocycles.